The van der Waals surface area contributed by atoms with E-state index >= 15 is 0 Å². The van der Waals surface area contributed by atoms with Gasteiger partial charge in [-0.2, -0.15) is 0 Å². The SMILES string of the molecule is COc1ccccc1C1(c2ncc(C)c(-c3ccc(Cl)cc3Cl)n2)CC1. The first-order valence-corrected chi connectivity index (χ1v) is 9.24. The first-order valence-electron chi connectivity index (χ1n) is 8.48. The molecule has 1 aromatic heterocycles. The first-order chi connectivity index (χ1) is 12.5. The second kappa shape index (κ2) is 6.57. The minimum absolute atomic E-state index is 0.187. The molecular formula is C21H18Cl2N2O. The highest BCUT2D eigenvalue weighted by molar-refractivity contribution is 6.36. The van der Waals surface area contributed by atoms with Crippen LogP contribution in [0.2, 0.25) is 10.0 Å². The Morgan fingerprint density at radius 3 is 2.54 bits per heavy atom. The molecule has 0 amide bonds. The summed E-state index contributed by atoms with van der Waals surface area (Å²) in [6.07, 6.45) is 3.88. The lowest BCUT2D eigenvalue weighted by Crippen LogP contribution is -2.15. The topological polar surface area (TPSA) is 35.0 Å². The molecule has 5 heteroatoms. The number of ether oxygens (including phenoxy) is 1. The predicted molar refractivity (Wildman–Crippen MR) is 105 cm³/mol. The fourth-order valence-electron chi connectivity index (χ4n) is 3.41. The maximum Gasteiger partial charge on any atom is 0.139 e. The molecule has 132 valence electrons. The molecular weight excluding hydrogens is 367 g/mol. The Kier molecular flexibility index (Phi) is 4.37. The van der Waals surface area contributed by atoms with Crippen molar-refractivity contribution in [2.24, 2.45) is 0 Å². The summed E-state index contributed by atoms with van der Waals surface area (Å²) >= 11 is 12.5. The third-order valence-electron chi connectivity index (χ3n) is 4.96. The molecule has 0 aliphatic heterocycles. The zero-order valence-electron chi connectivity index (χ0n) is 14.6. The van der Waals surface area contributed by atoms with E-state index in [1.165, 1.54) is 0 Å². The minimum atomic E-state index is -0.187. The Morgan fingerprint density at radius 2 is 1.85 bits per heavy atom. The fourth-order valence-corrected chi connectivity index (χ4v) is 3.90. The van der Waals surface area contributed by atoms with Crippen molar-refractivity contribution in [3.05, 3.63) is 75.7 Å². The molecule has 1 fully saturated rings. The van der Waals surface area contributed by atoms with Gasteiger partial charge in [-0.25, -0.2) is 9.97 Å². The Hall–Kier alpha value is -2.10. The number of nitrogens with zero attached hydrogens (tertiary/aromatic N) is 2. The van der Waals surface area contributed by atoms with Crippen molar-refractivity contribution in [2.75, 3.05) is 7.11 Å². The van der Waals surface area contributed by atoms with E-state index in [0.717, 1.165) is 46.8 Å². The molecule has 4 rings (SSSR count). The molecule has 0 atom stereocenters. The van der Waals surface area contributed by atoms with Crippen molar-refractivity contribution >= 4 is 23.2 Å². The van der Waals surface area contributed by atoms with Gasteiger partial charge in [-0.15, -0.1) is 0 Å². The van der Waals surface area contributed by atoms with Crippen molar-refractivity contribution in [2.45, 2.75) is 25.2 Å². The summed E-state index contributed by atoms with van der Waals surface area (Å²) in [5.74, 6) is 1.69. The largest absolute Gasteiger partial charge is 0.496 e. The quantitative estimate of drug-likeness (QED) is 0.565. The lowest BCUT2D eigenvalue weighted by atomic mass is 9.93. The molecule has 2 aromatic carbocycles. The minimum Gasteiger partial charge on any atom is -0.496 e. The molecule has 0 saturated heterocycles. The average molecular weight is 385 g/mol. The van der Waals surface area contributed by atoms with Crippen molar-refractivity contribution in [3.8, 4) is 17.0 Å². The van der Waals surface area contributed by atoms with Gasteiger partial charge in [-0.1, -0.05) is 41.4 Å². The van der Waals surface area contributed by atoms with Gasteiger partial charge in [0.05, 0.1) is 23.2 Å². The van der Waals surface area contributed by atoms with Crippen LogP contribution in [-0.4, -0.2) is 17.1 Å². The number of rotatable bonds is 4. The highest BCUT2D eigenvalue weighted by Crippen LogP contribution is 2.55. The lowest BCUT2D eigenvalue weighted by Gasteiger charge is -2.19. The van der Waals surface area contributed by atoms with Gasteiger partial charge in [0, 0.05) is 22.3 Å². The molecule has 3 nitrogen and oxygen atoms in total. The number of aryl methyl sites for hydroxylation is 1. The van der Waals surface area contributed by atoms with E-state index in [1.54, 1.807) is 13.2 Å². The van der Waals surface area contributed by atoms with E-state index in [2.05, 4.69) is 11.1 Å². The van der Waals surface area contributed by atoms with E-state index in [4.69, 9.17) is 32.9 Å². The Labute approximate surface area is 163 Å². The lowest BCUT2D eigenvalue weighted by molar-refractivity contribution is 0.406. The standard InChI is InChI=1S/C21H18Cl2N2O/c1-13-12-24-20(25-19(13)15-8-7-14(22)11-17(15)23)21(9-10-21)16-5-3-4-6-18(16)26-2/h3-8,11-12H,9-10H2,1-2H3. The normalized spacial score (nSPS) is 14.9. The third-order valence-corrected chi connectivity index (χ3v) is 5.51. The summed E-state index contributed by atoms with van der Waals surface area (Å²) in [5, 5.41) is 1.20. The van der Waals surface area contributed by atoms with Crippen LogP contribution in [0.4, 0.5) is 0 Å². The second-order valence-electron chi connectivity index (χ2n) is 6.63. The highest BCUT2D eigenvalue weighted by atomic mass is 35.5. The van der Waals surface area contributed by atoms with Crippen LogP contribution in [0.25, 0.3) is 11.3 Å². The maximum absolute atomic E-state index is 6.42. The smallest absolute Gasteiger partial charge is 0.139 e. The Balaban J connectivity index is 1.84. The monoisotopic (exact) mass is 384 g/mol. The summed E-state index contributed by atoms with van der Waals surface area (Å²) in [6.45, 7) is 1.99. The van der Waals surface area contributed by atoms with E-state index in [-0.39, 0.29) is 5.41 Å². The zero-order chi connectivity index (χ0) is 18.3. The second-order valence-corrected chi connectivity index (χ2v) is 7.48. The fraction of sp³-hybridized carbons (Fsp3) is 0.238. The number of benzene rings is 2. The summed E-state index contributed by atoms with van der Waals surface area (Å²) < 4.78 is 5.57. The average Bonchev–Trinajstić information content (AvgIpc) is 3.44. The van der Waals surface area contributed by atoms with Crippen LogP contribution < -0.4 is 4.74 Å². The molecule has 0 bridgehead atoms. The van der Waals surface area contributed by atoms with E-state index in [1.807, 2.05) is 43.5 Å². The van der Waals surface area contributed by atoms with E-state index < -0.39 is 0 Å². The van der Waals surface area contributed by atoms with Gasteiger partial charge in [0.15, 0.2) is 0 Å². The molecule has 0 radical (unpaired) electrons. The Morgan fingerprint density at radius 1 is 1.08 bits per heavy atom. The van der Waals surface area contributed by atoms with E-state index in [0.29, 0.717) is 10.0 Å². The molecule has 3 aromatic rings. The summed E-state index contributed by atoms with van der Waals surface area (Å²) in [4.78, 5) is 9.59. The summed E-state index contributed by atoms with van der Waals surface area (Å²) in [6, 6.07) is 13.6. The molecule has 1 aliphatic rings. The number of methoxy groups -OCH3 is 1. The molecule has 1 aliphatic carbocycles. The van der Waals surface area contributed by atoms with Crippen molar-refractivity contribution in [1.29, 1.82) is 0 Å². The van der Waals surface area contributed by atoms with E-state index in [9.17, 15) is 0 Å². The number of hydrogen-bond donors (Lipinski definition) is 0. The van der Waals surface area contributed by atoms with Gasteiger partial charge in [-0.3, -0.25) is 0 Å². The van der Waals surface area contributed by atoms with Crippen LogP contribution in [0.15, 0.2) is 48.7 Å². The molecule has 0 unspecified atom stereocenters. The van der Waals surface area contributed by atoms with Crippen molar-refractivity contribution in [3.63, 3.8) is 0 Å². The molecule has 0 N–H and O–H groups in total. The number of aromatic nitrogens is 2. The van der Waals surface area contributed by atoms with Crippen LogP contribution in [0.1, 0.15) is 29.8 Å². The molecule has 1 saturated carbocycles. The van der Waals surface area contributed by atoms with Crippen molar-refractivity contribution < 1.29 is 4.74 Å². The molecule has 1 heterocycles. The number of para-hydroxylation sites is 1. The van der Waals surface area contributed by atoms with Crippen LogP contribution >= 0.6 is 23.2 Å². The molecule has 26 heavy (non-hydrogen) atoms. The van der Waals surface area contributed by atoms with Gasteiger partial charge in [-0.05, 0) is 49.6 Å². The number of hydrogen-bond acceptors (Lipinski definition) is 3. The van der Waals surface area contributed by atoms with Gasteiger partial charge in [0.25, 0.3) is 0 Å². The highest BCUT2D eigenvalue weighted by Gasteiger charge is 2.50. The number of halogens is 2. The van der Waals surface area contributed by atoms with Crippen LogP contribution in [0, 0.1) is 6.92 Å². The summed E-state index contributed by atoms with van der Waals surface area (Å²) in [7, 11) is 1.70. The van der Waals surface area contributed by atoms with Crippen LogP contribution in [0.3, 0.4) is 0 Å². The summed E-state index contributed by atoms with van der Waals surface area (Å²) in [5.41, 5.74) is 3.65. The molecule has 0 spiro atoms. The maximum atomic E-state index is 6.42. The van der Waals surface area contributed by atoms with Crippen molar-refractivity contribution in [1.82, 2.24) is 9.97 Å². The third kappa shape index (κ3) is 2.85. The first kappa shape index (κ1) is 17.3. The van der Waals surface area contributed by atoms with Crippen LogP contribution in [0.5, 0.6) is 5.75 Å². The Bertz CT molecular complexity index is 983. The van der Waals surface area contributed by atoms with Gasteiger partial charge in [0.2, 0.25) is 0 Å². The van der Waals surface area contributed by atoms with Gasteiger partial charge in [0.1, 0.15) is 11.6 Å². The van der Waals surface area contributed by atoms with Gasteiger partial charge < -0.3 is 4.74 Å². The van der Waals surface area contributed by atoms with Gasteiger partial charge >= 0.3 is 0 Å². The zero-order valence-corrected chi connectivity index (χ0v) is 16.1. The van der Waals surface area contributed by atoms with Crippen LogP contribution in [-0.2, 0) is 5.41 Å². The predicted octanol–water partition coefficient (Wildman–Crippen LogP) is 5.85.